The molecule has 3 amide bonds. The van der Waals surface area contributed by atoms with Crippen LogP contribution in [0.25, 0.3) is 11.3 Å². The van der Waals surface area contributed by atoms with E-state index in [1.165, 1.54) is 18.3 Å². The molecule has 1 aromatic heterocycles. The molecule has 3 N–H and O–H groups in total. The molecule has 1 aliphatic heterocycles. The maximum atomic E-state index is 13.4. The Morgan fingerprint density at radius 1 is 1.10 bits per heavy atom. The summed E-state index contributed by atoms with van der Waals surface area (Å²) in [7, 11) is 0. The van der Waals surface area contributed by atoms with Crippen LogP contribution in [0.15, 0.2) is 42.6 Å². The summed E-state index contributed by atoms with van der Waals surface area (Å²) < 4.78 is 13.4. The number of carbonyl (C=O) groups is 3. The summed E-state index contributed by atoms with van der Waals surface area (Å²) >= 11 is 0. The third kappa shape index (κ3) is 5.07. The highest BCUT2D eigenvalue weighted by atomic mass is 19.1. The number of benzene rings is 1. The van der Waals surface area contributed by atoms with Crippen LogP contribution >= 0.6 is 0 Å². The highest BCUT2D eigenvalue weighted by Crippen LogP contribution is 2.25. The van der Waals surface area contributed by atoms with Gasteiger partial charge in [-0.3, -0.25) is 19.4 Å². The summed E-state index contributed by atoms with van der Waals surface area (Å²) in [4.78, 5) is 41.2. The van der Waals surface area contributed by atoms with E-state index in [0.29, 0.717) is 36.2 Å². The van der Waals surface area contributed by atoms with Gasteiger partial charge in [0.05, 0.1) is 11.3 Å². The number of hydrogen-bond acceptors (Lipinski definition) is 4. The topological polar surface area (TPSA) is 100 Å². The normalized spacial score (nSPS) is 23.1. The van der Waals surface area contributed by atoms with Crippen molar-refractivity contribution in [1.29, 1.82) is 0 Å². The van der Waals surface area contributed by atoms with Gasteiger partial charge in [-0.1, -0.05) is 18.6 Å². The second-order valence-corrected chi connectivity index (χ2v) is 8.12. The largest absolute Gasteiger partial charge is 0.354 e. The number of pyridine rings is 1. The minimum absolute atomic E-state index is 0.114. The fraction of sp³-hybridized carbons (Fsp3) is 0.391. The van der Waals surface area contributed by atoms with Crippen LogP contribution in [0.4, 0.5) is 4.39 Å². The first-order valence-electron chi connectivity index (χ1n) is 10.6. The van der Waals surface area contributed by atoms with Gasteiger partial charge < -0.3 is 16.0 Å². The van der Waals surface area contributed by atoms with Crippen molar-refractivity contribution in [3.63, 3.8) is 0 Å². The van der Waals surface area contributed by atoms with Crippen molar-refractivity contribution < 1.29 is 18.8 Å². The van der Waals surface area contributed by atoms with Gasteiger partial charge in [0.25, 0.3) is 5.91 Å². The smallest absolute Gasteiger partial charge is 0.253 e. The van der Waals surface area contributed by atoms with Crippen molar-refractivity contribution in [1.82, 2.24) is 20.9 Å². The summed E-state index contributed by atoms with van der Waals surface area (Å²) in [6.07, 6.45) is 5.00. The minimum Gasteiger partial charge on any atom is -0.354 e. The number of amides is 3. The van der Waals surface area contributed by atoms with E-state index in [1.807, 2.05) is 0 Å². The first kappa shape index (κ1) is 21.0. The van der Waals surface area contributed by atoms with Crippen molar-refractivity contribution >= 4 is 17.7 Å². The van der Waals surface area contributed by atoms with E-state index in [9.17, 15) is 18.8 Å². The predicted octanol–water partition coefficient (Wildman–Crippen LogP) is 2.18. The van der Waals surface area contributed by atoms with Crippen LogP contribution in [0.5, 0.6) is 0 Å². The van der Waals surface area contributed by atoms with Crippen molar-refractivity contribution in [3.05, 3.63) is 54.0 Å². The molecule has 7 nitrogen and oxygen atoms in total. The molecule has 2 heterocycles. The lowest BCUT2D eigenvalue weighted by Gasteiger charge is -2.29. The number of rotatable bonds is 5. The van der Waals surface area contributed by atoms with Gasteiger partial charge in [0.15, 0.2) is 0 Å². The van der Waals surface area contributed by atoms with Gasteiger partial charge in [0.2, 0.25) is 11.8 Å². The minimum atomic E-state index is -0.454. The molecule has 3 atom stereocenters. The Labute approximate surface area is 179 Å². The molecule has 0 unspecified atom stereocenters. The zero-order chi connectivity index (χ0) is 21.8. The molecule has 2 aromatic rings. The Morgan fingerprint density at radius 3 is 2.68 bits per heavy atom. The van der Waals surface area contributed by atoms with E-state index in [1.54, 1.807) is 24.3 Å². The lowest BCUT2D eigenvalue weighted by molar-refractivity contribution is -0.130. The quantitative estimate of drug-likeness (QED) is 0.685. The van der Waals surface area contributed by atoms with E-state index in [-0.39, 0.29) is 35.5 Å². The highest BCUT2D eigenvalue weighted by molar-refractivity contribution is 5.94. The number of halogens is 1. The first-order valence-corrected chi connectivity index (χ1v) is 10.6. The van der Waals surface area contributed by atoms with Crippen LogP contribution in [0.3, 0.4) is 0 Å². The SMILES string of the molecule is O=C(N[C@@H]1CCC[C@H](C(=O)N[C@@H]2CCNC2=O)C1)c1ccc(-c2cccc(F)c2)nc1. The summed E-state index contributed by atoms with van der Waals surface area (Å²) in [5.41, 5.74) is 1.64. The zero-order valence-electron chi connectivity index (χ0n) is 17.1. The Hall–Kier alpha value is -3.29. The summed E-state index contributed by atoms with van der Waals surface area (Å²) in [5, 5.41) is 8.53. The maximum Gasteiger partial charge on any atom is 0.253 e. The zero-order valence-corrected chi connectivity index (χ0v) is 17.1. The van der Waals surface area contributed by atoms with Gasteiger partial charge in [-0.05, 0) is 49.9 Å². The molecule has 0 bridgehead atoms. The van der Waals surface area contributed by atoms with Crippen molar-refractivity contribution in [2.75, 3.05) is 6.54 Å². The van der Waals surface area contributed by atoms with E-state index in [0.717, 1.165) is 19.3 Å². The summed E-state index contributed by atoms with van der Waals surface area (Å²) in [6.45, 7) is 0.583. The van der Waals surface area contributed by atoms with Gasteiger partial charge in [0.1, 0.15) is 11.9 Å². The lowest BCUT2D eigenvalue weighted by Crippen LogP contribution is -2.46. The number of hydrogen-bond donors (Lipinski definition) is 3. The molecule has 162 valence electrons. The van der Waals surface area contributed by atoms with Gasteiger partial charge in [0, 0.05) is 30.3 Å². The molecule has 1 aliphatic carbocycles. The lowest BCUT2D eigenvalue weighted by atomic mass is 9.84. The third-order valence-electron chi connectivity index (χ3n) is 5.89. The molecule has 31 heavy (non-hydrogen) atoms. The molecular weight excluding hydrogens is 399 g/mol. The molecule has 1 saturated carbocycles. The second kappa shape index (κ2) is 9.24. The van der Waals surface area contributed by atoms with Crippen molar-refractivity contribution in [2.45, 2.75) is 44.2 Å². The van der Waals surface area contributed by atoms with E-state index in [4.69, 9.17) is 0 Å². The number of carbonyl (C=O) groups excluding carboxylic acids is 3. The van der Waals surface area contributed by atoms with Crippen LogP contribution in [0.2, 0.25) is 0 Å². The van der Waals surface area contributed by atoms with Crippen LogP contribution in [-0.4, -0.2) is 41.3 Å². The Balaban J connectivity index is 1.33. The molecule has 2 fully saturated rings. The molecule has 1 saturated heterocycles. The highest BCUT2D eigenvalue weighted by Gasteiger charge is 2.32. The first-order chi connectivity index (χ1) is 15.0. The van der Waals surface area contributed by atoms with E-state index < -0.39 is 6.04 Å². The summed E-state index contributed by atoms with van der Waals surface area (Å²) in [5.74, 6) is -1.07. The molecule has 8 heteroatoms. The maximum absolute atomic E-state index is 13.4. The number of aromatic nitrogens is 1. The Bertz CT molecular complexity index is 979. The van der Waals surface area contributed by atoms with Gasteiger partial charge in [-0.15, -0.1) is 0 Å². The van der Waals surface area contributed by atoms with E-state index in [2.05, 4.69) is 20.9 Å². The predicted molar refractivity (Wildman–Crippen MR) is 112 cm³/mol. The molecule has 0 spiro atoms. The van der Waals surface area contributed by atoms with Crippen LogP contribution in [0, 0.1) is 11.7 Å². The standard InChI is InChI=1S/C23H25FN4O3/c24-17-5-1-3-14(11-17)19-8-7-16(13-26-19)22(30)27-18-6-2-4-15(12-18)21(29)28-20-9-10-25-23(20)31/h1,3,5,7-8,11,13,15,18,20H,2,4,6,9-10,12H2,(H,25,31)(H,27,30)(H,28,29)/t15-,18+,20+/m0/s1. The third-order valence-corrected chi connectivity index (χ3v) is 5.89. The Morgan fingerprint density at radius 2 is 1.97 bits per heavy atom. The number of nitrogens with zero attached hydrogens (tertiary/aromatic N) is 1. The fourth-order valence-electron chi connectivity index (χ4n) is 4.20. The van der Waals surface area contributed by atoms with Crippen LogP contribution in [-0.2, 0) is 9.59 Å². The van der Waals surface area contributed by atoms with Crippen LogP contribution in [0.1, 0.15) is 42.5 Å². The molecule has 1 aromatic carbocycles. The van der Waals surface area contributed by atoms with Crippen molar-refractivity contribution in [2.24, 2.45) is 5.92 Å². The van der Waals surface area contributed by atoms with Crippen molar-refractivity contribution in [3.8, 4) is 11.3 Å². The fourth-order valence-corrected chi connectivity index (χ4v) is 4.20. The Kier molecular flexibility index (Phi) is 6.25. The molecule has 0 radical (unpaired) electrons. The molecule has 4 rings (SSSR count). The van der Waals surface area contributed by atoms with Gasteiger partial charge in [-0.2, -0.15) is 0 Å². The monoisotopic (exact) mass is 424 g/mol. The number of nitrogens with one attached hydrogen (secondary N) is 3. The summed E-state index contributed by atoms with van der Waals surface area (Å²) in [6, 6.07) is 8.91. The molecular formula is C23H25FN4O3. The van der Waals surface area contributed by atoms with E-state index >= 15 is 0 Å². The van der Waals surface area contributed by atoms with Gasteiger partial charge >= 0.3 is 0 Å². The van der Waals surface area contributed by atoms with Gasteiger partial charge in [-0.25, -0.2) is 4.39 Å². The van der Waals surface area contributed by atoms with Crippen LogP contribution < -0.4 is 16.0 Å². The second-order valence-electron chi connectivity index (χ2n) is 8.12. The average molecular weight is 424 g/mol. The average Bonchev–Trinajstić information content (AvgIpc) is 3.18. The molecule has 2 aliphatic rings.